The van der Waals surface area contributed by atoms with Gasteiger partial charge in [0.1, 0.15) is 23.4 Å². The van der Waals surface area contributed by atoms with Gasteiger partial charge < -0.3 is 25.5 Å². The molecule has 3 amide bonds. The lowest BCUT2D eigenvalue weighted by atomic mass is 9.78. The number of aryl methyl sites for hydroxylation is 1. The molecule has 4 N–H and O–H groups in total. The molecule has 0 saturated heterocycles. The third-order valence-electron chi connectivity index (χ3n) is 9.68. The van der Waals surface area contributed by atoms with Crippen LogP contribution in [0.15, 0.2) is 53.3 Å². The van der Waals surface area contributed by atoms with Crippen LogP contribution in [0, 0.1) is 17.7 Å². The molecule has 1 aliphatic carbocycles. The average molecular weight is 685 g/mol. The van der Waals surface area contributed by atoms with Crippen LogP contribution in [0.4, 0.5) is 17.6 Å². The van der Waals surface area contributed by atoms with Crippen molar-refractivity contribution < 1.29 is 36.5 Å². The summed E-state index contributed by atoms with van der Waals surface area (Å²) in [5.41, 5.74) is -1.39. The van der Waals surface area contributed by atoms with E-state index in [1.807, 2.05) is 20.8 Å². The average Bonchev–Trinajstić information content (AvgIpc) is 3.74. The first-order valence-electron chi connectivity index (χ1n) is 16.4. The van der Waals surface area contributed by atoms with Crippen LogP contribution in [0.1, 0.15) is 81.3 Å². The molecule has 5 atom stereocenters. The van der Waals surface area contributed by atoms with Gasteiger partial charge in [-0.1, -0.05) is 76.0 Å². The third kappa shape index (κ3) is 7.47. The van der Waals surface area contributed by atoms with Crippen molar-refractivity contribution in [3.63, 3.8) is 0 Å². The number of carbonyl (C=O) groups excluding carboxylic acids is 3. The fraction of sp³-hybridized carbons (Fsp3) is 0.457. The van der Waals surface area contributed by atoms with Crippen LogP contribution >= 0.6 is 0 Å². The van der Waals surface area contributed by atoms with E-state index < -0.39 is 58.8 Å². The van der Waals surface area contributed by atoms with Gasteiger partial charge in [0.2, 0.25) is 23.6 Å². The fourth-order valence-electron chi connectivity index (χ4n) is 6.40. The minimum absolute atomic E-state index is 0.0409. The molecule has 0 fully saturated rings. The van der Waals surface area contributed by atoms with Gasteiger partial charge in [0, 0.05) is 17.5 Å². The van der Waals surface area contributed by atoms with E-state index in [9.17, 15) is 31.9 Å². The van der Waals surface area contributed by atoms with Crippen molar-refractivity contribution in [2.75, 3.05) is 0 Å². The number of aromatic nitrogens is 3. The summed E-state index contributed by atoms with van der Waals surface area (Å²) >= 11 is 0. The molecule has 262 valence electrons. The zero-order valence-corrected chi connectivity index (χ0v) is 27.7. The molecule has 0 bridgehead atoms. The van der Waals surface area contributed by atoms with E-state index in [2.05, 4.69) is 31.1 Å². The quantitative estimate of drug-likeness (QED) is 0.141. The summed E-state index contributed by atoms with van der Waals surface area (Å²) in [4.78, 5) is 48.9. The number of hydrogen-bond acceptors (Lipinski definition) is 6. The lowest BCUT2D eigenvalue weighted by Gasteiger charge is -2.39. The summed E-state index contributed by atoms with van der Waals surface area (Å²) in [6, 6.07) is 7.88. The number of para-hydroxylation sites is 1. The molecule has 2 unspecified atom stereocenters. The van der Waals surface area contributed by atoms with E-state index in [4.69, 9.17) is 4.52 Å². The number of rotatable bonds is 12. The normalized spacial score (nSPS) is 18.6. The molecule has 4 aromatic rings. The number of aromatic amines is 1. The molecule has 0 saturated carbocycles. The highest BCUT2D eigenvalue weighted by atomic mass is 19.4. The maximum absolute atomic E-state index is 14.5. The number of hydrogen-bond donors (Lipinski definition) is 4. The van der Waals surface area contributed by atoms with E-state index >= 15 is 0 Å². The van der Waals surface area contributed by atoms with E-state index in [1.54, 1.807) is 19.1 Å². The third-order valence-corrected chi connectivity index (χ3v) is 9.68. The number of halogens is 4. The van der Waals surface area contributed by atoms with E-state index in [0.717, 1.165) is 6.07 Å². The van der Waals surface area contributed by atoms with Crippen molar-refractivity contribution in [1.82, 2.24) is 31.1 Å². The van der Waals surface area contributed by atoms with Crippen molar-refractivity contribution in [3.8, 4) is 0 Å². The largest absolute Gasteiger partial charge is 0.418 e. The molecular formula is C35H40F4N6O4. The summed E-state index contributed by atoms with van der Waals surface area (Å²) in [5.74, 6) is -2.76. The number of benzene rings is 2. The molecule has 2 aromatic heterocycles. The number of amides is 3. The Morgan fingerprint density at radius 3 is 2.41 bits per heavy atom. The van der Waals surface area contributed by atoms with Gasteiger partial charge in [0.15, 0.2) is 6.33 Å². The number of carbonyl (C=O) groups is 3. The summed E-state index contributed by atoms with van der Waals surface area (Å²) < 4.78 is 61.5. The maximum Gasteiger partial charge on any atom is 0.418 e. The first kappa shape index (κ1) is 35.6. The van der Waals surface area contributed by atoms with Crippen LogP contribution in [0.5, 0.6) is 0 Å². The topological polar surface area (TPSA) is 142 Å². The molecule has 0 spiro atoms. The summed E-state index contributed by atoms with van der Waals surface area (Å²) in [7, 11) is 0. The van der Waals surface area contributed by atoms with Crippen LogP contribution < -0.4 is 16.0 Å². The highest BCUT2D eigenvalue weighted by Gasteiger charge is 2.47. The smallest absolute Gasteiger partial charge is 0.358 e. The monoisotopic (exact) mass is 684 g/mol. The minimum atomic E-state index is -4.62. The summed E-state index contributed by atoms with van der Waals surface area (Å²) in [5, 5.41) is 12.6. The van der Waals surface area contributed by atoms with Gasteiger partial charge in [-0.25, -0.2) is 4.39 Å². The molecule has 0 aliphatic heterocycles. The van der Waals surface area contributed by atoms with E-state index in [0.29, 0.717) is 29.5 Å². The van der Waals surface area contributed by atoms with Crippen LogP contribution in [0.3, 0.4) is 0 Å². The van der Waals surface area contributed by atoms with Crippen LogP contribution in [-0.2, 0) is 39.8 Å². The standard InChI is InChI=1S/C35H40F4N6O4/c1-5-19(3)28(43-27(46)16-21-10-7-8-13-25(21)36)31(47)45-34(33(48)44-29(20(4)6-2)32-40-18-41-49-32)15-14-26-23(17-34)22-11-9-12-24(30(22)42-26)35(37,38)39/h7-13,18-20,28-29,42H,5-6,14-17H2,1-4H3,(H,43,46)(H,44,48)(H,45,47)/t19?,20?,28-,29-,34+/m0/s1. The fourth-order valence-corrected chi connectivity index (χ4v) is 6.40. The number of fused-ring (bicyclic) bond motifs is 3. The van der Waals surface area contributed by atoms with Crippen molar-refractivity contribution in [1.29, 1.82) is 0 Å². The molecule has 49 heavy (non-hydrogen) atoms. The highest BCUT2D eigenvalue weighted by Crippen LogP contribution is 2.40. The molecule has 14 heteroatoms. The Morgan fingerprint density at radius 2 is 1.76 bits per heavy atom. The Bertz CT molecular complexity index is 1810. The van der Waals surface area contributed by atoms with Gasteiger partial charge in [-0.3, -0.25) is 14.4 Å². The molecule has 5 rings (SSSR count). The molecule has 2 heterocycles. The first-order valence-corrected chi connectivity index (χ1v) is 16.4. The second-order valence-electron chi connectivity index (χ2n) is 12.9. The Labute approximate surface area is 280 Å². The van der Waals surface area contributed by atoms with Gasteiger partial charge in [-0.2, -0.15) is 18.2 Å². The number of alkyl halides is 3. The molecule has 1 aliphatic rings. The second-order valence-corrected chi connectivity index (χ2v) is 12.9. The predicted molar refractivity (Wildman–Crippen MR) is 172 cm³/mol. The maximum atomic E-state index is 14.5. The molecule has 0 radical (unpaired) electrons. The van der Waals surface area contributed by atoms with Crippen LogP contribution in [0.25, 0.3) is 10.9 Å². The van der Waals surface area contributed by atoms with E-state index in [1.165, 1.54) is 30.6 Å². The Kier molecular flexibility index (Phi) is 10.4. The summed E-state index contributed by atoms with van der Waals surface area (Å²) in [6.07, 6.45) is -2.54. The predicted octanol–water partition coefficient (Wildman–Crippen LogP) is 5.73. The summed E-state index contributed by atoms with van der Waals surface area (Å²) in [6.45, 7) is 7.43. The molecule has 10 nitrogen and oxygen atoms in total. The highest BCUT2D eigenvalue weighted by molar-refractivity contribution is 5.97. The van der Waals surface area contributed by atoms with Gasteiger partial charge in [0.05, 0.1) is 17.5 Å². The Hall–Kier alpha value is -4.75. The van der Waals surface area contributed by atoms with Gasteiger partial charge >= 0.3 is 6.18 Å². The molecule has 2 aromatic carbocycles. The first-order chi connectivity index (χ1) is 23.3. The second kappa shape index (κ2) is 14.4. The number of nitrogens with zero attached hydrogens (tertiary/aromatic N) is 2. The van der Waals surface area contributed by atoms with Crippen molar-refractivity contribution in [2.45, 2.75) is 90.0 Å². The van der Waals surface area contributed by atoms with Crippen LogP contribution in [0.2, 0.25) is 0 Å². The lowest BCUT2D eigenvalue weighted by Crippen LogP contribution is -2.65. The van der Waals surface area contributed by atoms with Crippen LogP contribution in [-0.4, -0.2) is 44.4 Å². The van der Waals surface area contributed by atoms with Crippen molar-refractivity contribution in [2.24, 2.45) is 11.8 Å². The van der Waals surface area contributed by atoms with Gasteiger partial charge in [-0.15, -0.1) is 0 Å². The van der Waals surface area contributed by atoms with Crippen molar-refractivity contribution >= 4 is 28.6 Å². The number of H-pyrrole nitrogens is 1. The lowest BCUT2D eigenvalue weighted by molar-refractivity contribution is -0.137. The van der Waals surface area contributed by atoms with Gasteiger partial charge in [-0.05, 0) is 47.9 Å². The van der Waals surface area contributed by atoms with Gasteiger partial charge in [0.25, 0.3) is 0 Å². The van der Waals surface area contributed by atoms with Crippen molar-refractivity contribution in [3.05, 3.63) is 82.9 Å². The zero-order chi connectivity index (χ0) is 35.5. The zero-order valence-electron chi connectivity index (χ0n) is 27.7. The molecular weight excluding hydrogens is 644 g/mol. The Morgan fingerprint density at radius 1 is 1.02 bits per heavy atom. The Balaban J connectivity index is 1.52. The minimum Gasteiger partial charge on any atom is -0.358 e. The van der Waals surface area contributed by atoms with E-state index in [-0.39, 0.29) is 48.6 Å². The number of nitrogens with one attached hydrogen (secondary N) is 4. The SMILES string of the molecule is CCC(C)[C@H](NC(=O)Cc1ccccc1F)C(=O)N[C@]1(C(=O)N[C@H](c2ncno2)C(C)CC)CCc2[nH]c3c(C(F)(F)F)cccc3c2C1.